The summed E-state index contributed by atoms with van der Waals surface area (Å²) in [6.45, 7) is 1.39. The molecule has 0 saturated carbocycles. The Labute approximate surface area is 69.2 Å². The molecule has 0 aromatic heterocycles. The molecule has 1 fully saturated rings. The molecule has 0 aromatic rings. The van der Waals surface area contributed by atoms with Crippen molar-refractivity contribution in [3.8, 4) is 0 Å². The Hall–Kier alpha value is -0.240. The highest BCUT2D eigenvalue weighted by Gasteiger charge is 2.50. The van der Waals surface area contributed by atoms with Crippen LogP contribution in [-0.2, 0) is 4.74 Å². The molecule has 0 amide bonds. The molecule has 1 heterocycles. The summed E-state index contributed by atoms with van der Waals surface area (Å²) in [6.07, 6.45) is -5.66. The molecule has 0 aromatic carbocycles. The van der Waals surface area contributed by atoms with Crippen molar-refractivity contribution < 1.29 is 25.2 Å². The summed E-state index contributed by atoms with van der Waals surface area (Å²) in [6, 6.07) is 0. The van der Waals surface area contributed by atoms with Crippen molar-refractivity contribution in [3.63, 3.8) is 0 Å². The maximum Gasteiger partial charge on any atom is 0.184 e. The van der Waals surface area contributed by atoms with Gasteiger partial charge in [-0.3, -0.25) is 5.73 Å². The van der Waals surface area contributed by atoms with Gasteiger partial charge in [-0.05, 0) is 6.92 Å². The van der Waals surface area contributed by atoms with Crippen LogP contribution >= 0.6 is 0 Å². The second-order valence-electron chi connectivity index (χ2n) is 2.99. The Morgan fingerprint density at radius 2 is 1.83 bits per heavy atom. The van der Waals surface area contributed by atoms with Crippen LogP contribution in [-0.4, -0.2) is 50.8 Å². The Bertz CT molecular complexity index is 173. The SMILES string of the molecule is C[C@H]1OC(O)[C@H](O)[C@@H](O)[C@]1(N)O. The first-order valence-corrected chi connectivity index (χ1v) is 3.58. The van der Waals surface area contributed by atoms with E-state index in [-0.39, 0.29) is 0 Å². The zero-order valence-electron chi connectivity index (χ0n) is 6.58. The van der Waals surface area contributed by atoms with Crippen molar-refractivity contribution in [2.24, 2.45) is 5.73 Å². The normalized spacial score (nSPS) is 55.5. The first-order valence-electron chi connectivity index (χ1n) is 3.58. The highest BCUT2D eigenvalue weighted by atomic mass is 16.6. The number of hydrogen-bond acceptors (Lipinski definition) is 6. The maximum atomic E-state index is 9.33. The highest BCUT2D eigenvalue weighted by molar-refractivity contribution is 4.95. The zero-order valence-corrected chi connectivity index (χ0v) is 6.58. The van der Waals surface area contributed by atoms with Crippen LogP contribution < -0.4 is 5.73 Å². The Kier molecular flexibility index (Phi) is 2.39. The summed E-state index contributed by atoms with van der Waals surface area (Å²) in [5.41, 5.74) is 3.20. The summed E-state index contributed by atoms with van der Waals surface area (Å²) >= 11 is 0. The molecule has 1 rings (SSSR count). The Morgan fingerprint density at radius 3 is 2.33 bits per heavy atom. The summed E-state index contributed by atoms with van der Waals surface area (Å²) in [4.78, 5) is 0. The maximum absolute atomic E-state index is 9.33. The van der Waals surface area contributed by atoms with E-state index in [0.29, 0.717) is 0 Å². The molecule has 1 saturated heterocycles. The van der Waals surface area contributed by atoms with Crippen molar-refractivity contribution in [1.29, 1.82) is 0 Å². The van der Waals surface area contributed by atoms with E-state index in [1.807, 2.05) is 0 Å². The van der Waals surface area contributed by atoms with Crippen LogP contribution in [0.2, 0.25) is 0 Å². The average molecular weight is 179 g/mol. The van der Waals surface area contributed by atoms with Crippen molar-refractivity contribution in [2.75, 3.05) is 0 Å². The van der Waals surface area contributed by atoms with Crippen LogP contribution in [0, 0.1) is 0 Å². The van der Waals surface area contributed by atoms with Crippen molar-refractivity contribution in [2.45, 2.75) is 37.3 Å². The van der Waals surface area contributed by atoms with E-state index in [1.54, 1.807) is 0 Å². The Morgan fingerprint density at radius 1 is 1.33 bits per heavy atom. The molecule has 72 valence electrons. The number of ether oxygens (including phenoxy) is 1. The largest absolute Gasteiger partial charge is 0.386 e. The van der Waals surface area contributed by atoms with Gasteiger partial charge >= 0.3 is 0 Å². The van der Waals surface area contributed by atoms with E-state index in [2.05, 4.69) is 4.74 Å². The van der Waals surface area contributed by atoms with Gasteiger partial charge in [-0.15, -0.1) is 0 Å². The lowest BCUT2D eigenvalue weighted by Gasteiger charge is -2.43. The molecule has 0 radical (unpaired) electrons. The molecular formula is C6H13NO5. The van der Waals surface area contributed by atoms with Crippen LogP contribution in [0.4, 0.5) is 0 Å². The molecule has 1 aliphatic rings. The molecule has 0 spiro atoms. The van der Waals surface area contributed by atoms with Crippen molar-refractivity contribution >= 4 is 0 Å². The molecule has 6 heteroatoms. The molecule has 1 aliphatic heterocycles. The van der Waals surface area contributed by atoms with Crippen LogP contribution in [0.15, 0.2) is 0 Å². The molecule has 0 aliphatic carbocycles. The smallest absolute Gasteiger partial charge is 0.184 e. The standard InChI is InChI=1S/C6H13NO5/c1-2-6(7,11)4(9)3(8)5(10)12-2/h2-5,8-11H,7H2,1H3/t2-,3-,4-,5?,6-/m1/s1. The predicted molar refractivity (Wildman–Crippen MR) is 37.7 cm³/mol. The van der Waals surface area contributed by atoms with Crippen molar-refractivity contribution in [3.05, 3.63) is 0 Å². The molecule has 5 atom stereocenters. The lowest BCUT2D eigenvalue weighted by Crippen LogP contribution is -2.69. The van der Waals surface area contributed by atoms with Crippen LogP contribution in [0.25, 0.3) is 0 Å². The van der Waals surface area contributed by atoms with Crippen LogP contribution in [0.3, 0.4) is 0 Å². The fraction of sp³-hybridized carbons (Fsp3) is 1.00. The summed E-state index contributed by atoms with van der Waals surface area (Å²) in [5.74, 6) is 0. The zero-order chi connectivity index (χ0) is 9.52. The fourth-order valence-corrected chi connectivity index (χ4v) is 1.07. The van der Waals surface area contributed by atoms with Gasteiger partial charge in [0.2, 0.25) is 0 Å². The van der Waals surface area contributed by atoms with Crippen LogP contribution in [0.5, 0.6) is 0 Å². The minimum atomic E-state index is -2.03. The predicted octanol–water partition coefficient (Wildman–Crippen LogP) is -2.91. The highest BCUT2D eigenvalue weighted by Crippen LogP contribution is 2.24. The molecule has 6 N–H and O–H groups in total. The van der Waals surface area contributed by atoms with Gasteiger partial charge < -0.3 is 25.2 Å². The molecule has 0 bridgehead atoms. The lowest BCUT2D eigenvalue weighted by molar-refractivity contribution is -0.310. The third-order valence-corrected chi connectivity index (χ3v) is 2.08. The van der Waals surface area contributed by atoms with Gasteiger partial charge in [0.1, 0.15) is 18.3 Å². The van der Waals surface area contributed by atoms with E-state index in [4.69, 9.17) is 15.9 Å². The molecule has 1 unspecified atom stereocenters. The van der Waals surface area contributed by atoms with Crippen molar-refractivity contribution in [1.82, 2.24) is 0 Å². The molecular weight excluding hydrogens is 166 g/mol. The van der Waals surface area contributed by atoms with Gasteiger partial charge in [0.05, 0.1) is 0 Å². The van der Waals surface area contributed by atoms with Gasteiger partial charge in [-0.1, -0.05) is 0 Å². The van der Waals surface area contributed by atoms with E-state index in [1.165, 1.54) is 6.92 Å². The average Bonchev–Trinajstić information content (AvgIpc) is 1.99. The fourth-order valence-electron chi connectivity index (χ4n) is 1.07. The van der Waals surface area contributed by atoms with E-state index in [9.17, 15) is 10.2 Å². The quantitative estimate of drug-likeness (QED) is 0.255. The first kappa shape index (κ1) is 9.85. The van der Waals surface area contributed by atoms with Gasteiger partial charge in [0.15, 0.2) is 12.0 Å². The summed E-state index contributed by atoms with van der Waals surface area (Å²) in [7, 11) is 0. The number of aliphatic hydroxyl groups excluding tert-OH is 3. The monoisotopic (exact) mass is 179 g/mol. The Balaban J connectivity index is 2.80. The van der Waals surface area contributed by atoms with Crippen LogP contribution in [0.1, 0.15) is 6.92 Å². The summed E-state index contributed by atoms with van der Waals surface area (Å²) in [5, 5.41) is 36.5. The van der Waals surface area contributed by atoms with Gasteiger partial charge in [-0.2, -0.15) is 0 Å². The number of nitrogens with two attached hydrogens (primary N) is 1. The topological polar surface area (TPSA) is 116 Å². The van der Waals surface area contributed by atoms with Gasteiger partial charge in [-0.25, -0.2) is 0 Å². The summed E-state index contributed by atoms with van der Waals surface area (Å²) < 4.78 is 4.65. The lowest BCUT2D eigenvalue weighted by atomic mass is 9.94. The van der Waals surface area contributed by atoms with Gasteiger partial charge in [0.25, 0.3) is 0 Å². The van der Waals surface area contributed by atoms with E-state index in [0.717, 1.165) is 0 Å². The second kappa shape index (κ2) is 2.91. The van der Waals surface area contributed by atoms with E-state index >= 15 is 0 Å². The number of hydrogen-bond donors (Lipinski definition) is 5. The third-order valence-electron chi connectivity index (χ3n) is 2.08. The number of rotatable bonds is 0. The van der Waals surface area contributed by atoms with E-state index < -0.39 is 30.3 Å². The second-order valence-corrected chi connectivity index (χ2v) is 2.99. The first-order chi connectivity index (χ1) is 5.37. The minimum absolute atomic E-state index is 0.939. The molecule has 6 nitrogen and oxygen atoms in total. The number of aliphatic hydroxyl groups is 4. The molecule has 12 heavy (non-hydrogen) atoms. The van der Waals surface area contributed by atoms with Gasteiger partial charge in [0, 0.05) is 0 Å². The minimum Gasteiger partial charge on any atom is -0.386 e. The third kappa shape index (κ3) is 1.33.